The maximum atomic E-state index is 12.1. The Kier molecular flexibility index (Phi) is 39.5. The lowest BCUT2D eigenvalue weighted by Crippen LogP contribution is -2.08. The zero-order chi connectivity index (χ0) is 105. The molecule has 2 aromatic heterocycles. The standard InChI is InChI=1S/C22H18Cl2O6.C22H18Cl2O5.C22H20ClNO5.C22H19ClO6.C21H18ClNO5/c1-29-22(28)20-14(21(24)17(27)11-16(20)26)9-7-12-6-8-13(25)10-19(12)30-18-5-3-2-4-15(18)23;1-28-22(27)20-16(21(24)18(26)12-17(20)25)10-8-13-7-9-14(23)11-19(13)29-15-5-3-2-4-6-15;1-13-5-3-7-15(11-13)29-21-14(6-4-10-24-21)8-9-16-19(22(27)28-2)17(25)12-18(26)20(16)23;1-28-22(27)20-16(21(23)18(26)12-17(20)25)9-7-13-11-14(24)8-10-19(13)29-15-5-3-2-4-6-15;1-27-21(26)18-15(19(22)17(25)12-16(18)24)10-9-13-6-5-11-23-20(13)28-14-7-3-2-4-8-14/h2-6,8,10-11,25-27H,7,9H2,1H3;2-7,9,11-12,25-26H,8,10H2,1H3;3-7,10-12,25-26H,8-9H2,1-2H3;2-6,8,10-12,24-26H,7,9H2,1H3;2-8,11-12,24-25H,9-10H2,1H3. The fourth-order valence-corrected chi connectivity index (χ4v) is 16.3. The molecule has 13 aromatic carbocycles. The molecule has 0 saturated carbocycles. The molecule has 0 unspecified atom stereocenters. The van der Waals surface area contributed by atoms with Gasteiger partial charge in [-0.25, -0.2) is 33.9 Å². The summed E-state index contributed by atoms with van der Waals surface area (Å²) in [7, 11) is 5.99. The Hall–Kier alpha value is -15.9. The highest BCUT2D eigenvalue weighted by molar-refractivity contribution is 6.35. The van der Waals surface area contributed by atoms with E-state index in [0.29, 0.717) is 122 Å². The molecular formula is C109H93Cl7N2O27. The number of phenols is 12. The Labute approximate surface area is 866 Å². The summed E-state index contributed by atoms with van der Waals surface area (Å²) < 4.78 is 53.1. The third-order valence-electron chi connectivity index (χ3n) is 21.8. The number of carbonyl (C=O) groups is 5. The number of halogens is 7. The number of pyridine rings is 2. The second-order valence-electron chi connectivity index (χ2n) is 31.3. The number of esters is 5. The van der Waals surface area contributed by atoms with Gasteiger partial charge in [0.05, 0.1) is 65.7 Å². The molecule has 0 aliphatic carbocycles. The van der Waals surface area contributed by atoms with Crippen LogP contribution in [-0.2, 0) is 87.9 Å². The number of rotatable bonds is 30. The molecule has 15 aromatic rings. The van der Waals surface area contributed by atoms with Crippen molar-refractivity contribution in [3.8, 4) is 127 Å². The molecule has 0 aliphatic heterocycles. The molecule has 0 atom stereocenters. The lowest BCUT2D eigenvalue weighted by Gasteiger charge is -2.15. The van der Waals surface area contributed by atoms with E-state index in [2.05, 4.69) is 9.97 Å². The smallest absolute Gasteiger partial charge is 0.341 e. The third-order valence-corrected chi connectivity index (χ3v) is 24.4. The summed E-state index contributed by atoms with van der Waals surface area (Å²) in [5.74, 6) is -2.07. The normalized spacial score (nSPS) is 10.6. The molecule has 2 heterocycles. The van der Waals surface area contributed by atoms with Crippen LogP contribution in [0.25, 0.3) is 0 Å². The van der Waals surface area contributed by atoms with Gasteiger partial charge >= 0.3 is 29.8 Å². The number of ether oxygens (including phenoxy) is 10. The van der Waals surface area contributed by atoms with E-state index in [1.807, 2.05) is 128 Å². The van der Waals surface area contributed by atoms with Gasteiger partial charge in [0.2, 0.25) is 11.8 Å². The number of para-hydroxylation sites is 4. The largest absolute Gasteiger partial charge is 0.508 e. The van der Waals surface area contributed by atoms with Gasteiger partial charge in [-0.1, -0.05) is 184 Å². The SMILES string of the molecule is COC(=O)c1c(O)cc(O)c(Cl)c1CCc1cc(O)ccc1Oc1ccccc1.COC(=O)c1c(O)cc(O)c(Cl)c1CCc1ccc(Cl)cc1Oc1ccccc1.COC(=O)c1c(O)cc(O)c(Cl)c1CCc1ccc(O)cc1Oc1ccccc1Cl.COC(=O)c1c(O)cc(O)c(Cl)c1CCc1cccnc1Oc1cccc(C)c1.COC(=O)c1c(O)cc(O)c(Cl)c1CCc1cccnc1Oc1ccccc1. The lowest BCUT2D eigenvalue weighted by molar-refractivity contribution is 0.0586. The molecule has 36 heteroatoms. The number of benzene rings is 13. The highest BCUT2D eigenvalue weighted by Crippen LogP contribution is 2.46. The Morgan fingerprint density at radius 1 is 0.248 bits per heavy atom. The first-order valence-corrected chi connectivity index (χ1v) is 46.4. The molecule has 0 saturated heterocycles. The minimum atomic E-state index is -0.775. The molecule has 29 nitrogen and oxygen atoms in total. The van der Waals surface area contributed by atoms with Gasteiger partial charge in [0.1, 0.15) is 143 Å². The molecule has 0 amide bonds. The molecule has 0 spiro atoms. The Morgan fingerprint density at radius 3 is 0.931 bits per heavy atom. The Morgan fingerprint density at radius 2 is 0.559 bits per heavy atom. The third kappa shape index (κ3) is 29.0. The van der Waals surface area contributed by atoms with Gasteiger partial charge in [-0.2, -0.15) is 0 Å². The quantitative estimate of drug-likeness (QED) is 0.0147. The Bertz CT molecular complexity index is 7170. The number of phenolic OH excluding ortho intramolecular Hbond substituents is 12. The van der Waals surface area contributed by atoms with Gasteiger partial charge < -0.3 is 109 Å². The maximum absolute atomic E-state index is 12.1. The van der Waals surface area contributed by atoms with Crippen molar-refractivity contribution in [2.45, 2.75) is 71.1 Å². The number of aromatic nitrogens is 2. The summed E-state index contributed by atoms with van der Waals surface area (Å²) in [6, 6.07) is 69.0. The molecule has 0 aliphatic rings. The van der Waals surface area contributed by atoms with Gasteiger partial charge in [0.25, 0.3) is 0 Å². The first-order chi connectivity index (χ1) is 69.5. The van der Waals surface area contributed by atoms with Crippen LogP contribution in [0.3, 0.4) is 0 Å². The fraction of sp³-hybridized carbons (Fsp3) is 0.147. The van der Waals surface area contributed by atoms with E-state index in [0.717, 1.165) is 52.6 Å². The summed E-state index contributed by atoms with van der Waals surface area (Å²) in [5, 5.41) is 121. The van der Waals surface area contributed by atoms with Gasteiger partial charge in [0.15, 0.2) is 0 Å². The minimum Gasteiger partial charge on any atom is -0.508 e. The van der Waals surface area contributed by atoms with Crippen molar-refractivity contribution in [2.75, 3.05) is 35.5 Å². The molecule has 145 heavy (non-hydrogen) atoms. The minimum absolute atomic E-state index is 0.00378. The number of hydrogen-bond acceptors (Lipinski definition) is 29. The van der Waals surface area contributed by atoms with Crippen LogP contribution in [0, 0.1) is 6.92 Å². The van der Waals surface area contributed by atoms with E-state index in [1.165, 1.54) is 53.7 Å². The van der Waals surface area contributed by atoms with Crippen molar-refractivity contribution < 1.29 is 133 Å². The van der Waals surface area contributed by atoms with Crippen molar-refractivity contribution in [2.24, 2.45) is 0 Å². The second-order valence-corrected chi connectivity index (χ2v) is 34.1. The molecule has 15 rings (SSSR count). The van der Waals surface area contributed by atoms with E-state index in [9.17, 15) is 85.3 Å². The zero-order valence-corrected chi connectivity index (χ0v) is 83.2. The molecule has 0 bridgehead atoms. The number of aryl methyl sites for hydroxylation is 6. The molecule has 12 N–H and O–H groups in total. The first kappa shape index (κ1) is 110. The summed E-state index contributed by atoms with van der Waals surface area (Å²) in [6.45, 7) is 1.97. The number of aromatic hydroxyl groups is 12. The van der Waals surface area contributed by atoms with Crippen LogP contribution in [0.15, 0.2) is 261 Å². The molecular weight excluding hydrogens is 2020 g/mol. The molecule has 0 radical (unpaired) electrons. The van der Waals surface area contributed by atoms with Crippen LogP contribution in [-0.4, -0.2) is 137 Å². The highest BCUT2D eigenvalue weighted by atomic mass is 35.5. The van der Waals surface area contributed by atoms with Crippen molar-refractivity contribution in [3.63, 3.8) is 0 Å². The van der Waals surface area contributed by atoms with Crippen LogP contribution in [0.1, 0.15) is 113 Å². The van der Waals surface area contributed by atoms with Crippen LogP contribution in [0.4, 0.5) is 0 Å². The first-order valence-electron chi connectivity index (χ1n) is 43.8. The topological polar surface area (TPSA) is 446 Å². The van der Waals surface area contributed by atoms with Crippen LogP contribution in [0.2, 0.25) is 35.2 Å². The maximum Gasteiger partial charge on any atom is 0.341 e. The van der Waals surface area contributed by atoms with Crippen LogP contribution in [0.5, 0.6) is 127 Å². The van der Waals surface area contributed by atoms with Crippen molar-refractivity contribution in [3.05, 3.63) is 385 Å². The summed E-state index contributed by atoms with van der Waals surface area (Å²) >= 11 is 43.3. The van der Waals surface area contributed by atoms with Crippen molar-refractivity contribution >= 4 is 111 Å². The number of methoxy groups -OCH3 is 5. The average Bonchev–Trinajstić information content (AvgIpc) is 0.807. The summed E-state index contributed by atoms with van der Waals surface area (Å²) in [4.78, 5) is 69.1. The fourth-order valence-electron chi connectivity index (χ4n) is 14.8. The predicted octanol–water partition coefficient (Wildman–Crippen LogP) is 25.4. The summed E-state index contributed by atoms with van der Waals surface area (Å²) in [6.07, 6.45) is 6.19. The summed E-state index contributed by atoms with van der Waals surface area (Å²) in [5.41, 5.74) is 5.68. The van der Waals surface area contributed by atoms with Crippen LogP contribution < -0.4 is 23.7 Å². The average molecular weight is 2110 g/mol. The van der Waals surface area contributed by atoms with Gasteiger partial charge in [-0.05, 0) is 230 Å². The monoisotopic (exact) mass is 2110 g/mol. The predicted molar refractivity (Wildman–Crippen MR) is 546 cm³/mol. The number of carbonyl (C=O) groups excluding carboxylic acids is 5. The van der Waals surface area contributed by atoms with Gasteiger partial charge in [-0.15, -0.1) is 0 Å². The van der Waals surface area contributed by atoms with E-state index >= 15 is 0 Å². The molecule has 750 valence electrons. The zero-order valence-electron chi connectivity index (χ0n) is 77.9. The number of nitrogens with zero attached hydrogens (tertiary/aromatic N) is 2. The molecule has 0 fully saturated rings. The van der Waals surface area contributed by atoms with Crippen molar-refractivity contribution in [1.29, 1.82) is 0 Å². The lowest BCUT2D eigenvalue weighted by atomic mass is 9.97. The van der Waals surface area contributed by atoms with Gasteiger partial charge in [-0.3, -0.25) is 0 Å². The van der Waals surface area contributed by atoms with E-state index in [1.54, 1.807) is 91.3 Å². The highest BCUT2D eigenvalue weighted by Gasteiger charge is 2.30. The van der Waals surface area contributed by atoms with E-state index in [-0.39, 0.29) is 142 Å². The van der Waals surface area contributed by atoms with Gasteiger partial charge in [0, 0.05) is 64.9 Å². The second kappa shape index (κ2) is 52.2. The number of hydrogen-bond donors (Lipinski definition) is 12. The van der Waals surface area contributed by atoms with Crippen LogP contribution >= 0.6 is 81.2 Å². The van der Waals surface area contributed by atoms with Crippen molar-refractivity contribution in [1.82, 2.24) is 9.97 Å². The van der Waals surface area contributed by atoms with E-state index < -0.39 is 58.6 Å². The van der Waals surface area contributed by atoms with E-state index in [4.69, 9.17) is 129 Å². The Balaban J connectivity index is 0.000000173.